The second-order valence-electron chi connectivity index (χ2n) is 6.14. The minimum atomic E-state index is -0.761. The molecular formula is C19H19NO4. The number of aliphatic hydroxyl groups is 1. The van der Waals surface area contributed by atoms with Crippen molar-refractivity contribution in [3.63, 3.8) is 0 Å². The number of aryl methyl sites for hydroxylation is 1. The van der Waals surface area contributed by atoms with E-state index in [2.05, 4.69) is 0 Å². The molecule has 0 bridgehead atoms. The van der Waals surface area contributed by atoms with Gasteiger partial charge in [0.15, 0.2) is 11.5 Å². The number of benzene rings is 1. The number of nitrogens with zero attached hydrogens (tertiary/aromatic N) is 1. The number of aliphatic hydroxyl groups excluding tert-OH is 1. The molecule has 0 aliphatic carbocycles. The Morgan fingerprint density at radius 2 is 1.83 bits per heavy atom. The van der Waals surface area contributed by atoms with E-state index in [0.717, 1.165) is 0 Å². The average Bonchev–Trinajstić information content (AvgIpc) is 3.10. The zero-order chi connectivity index (χ0) is 17.4. The number of hydrogen-bond donors (Lipinski definition) is 1. The molecule has 3 rings (SSSR count). The van der Waals surface area contributed by atoms with Crippen LogP contribution < -0.4 is 4.90 Å². The first-order valence-corrected chi connectivity index (χ1v) is 7.84. The van der Waals surface area contributed by atoms with Crippen LogP contribution in [0.3, 0.4) is 0 Å². The maximum absolute atomic E-state index is 12.7. The molecule has 0 saturated heterocycles. The van der Waals surface area contributed by atoms with E-state index in [0.29, 0.717) is 17.2 Å². The highest BCUT2D eigenvalue weighted by atomic mass is 16.3. The lowest BCUT2D eigenvalue weighted by Crippen LogP contribution is -2.31. The number of hydrogen-bond acceptors (Lipinski definition) is 4. The normalized spacial score (nSPS) is 17.9. The van der Waals surface area contributed by atoms with E-state index in [1.165, 1.54) is 4.90 Å². The summed E-state index contributed by atoms with van der Waals surface area (Å²) in [6.07, 6.45) is 0. The Balaban J connectivity index is 2.17. The van der Waals surface area contributed by atoms with Crippen molar-refractivity contribution in [3.8, 4) is 0 Å². The number of Topliss-reactive ketones (excluding diaryl/α,β-unsaturated/α-hetero) is 1. The summed E-state index contributed by atoms with van der Waals surface area (Å²) in [4.78, 5) is 26.7. The molecule has 5 heteroatoms. The Morgan fingerprint density at radius 1 is 1.17 bits per heavy atom. The lowest BCUT2D eigenvalue weighted by Gasteiger charge is -2.25. The second kappa shape index (κ2) is 6.00. The highest BCUT2D eigenvalue weighted by Crippen LogP contribution is 2.42. The largest absolute Gasteiger partial charge is 0.503 e. The summed E-state index contributed by atoms with van der Waals surface area (Å²) in [6, 6.07) is 11.7. The van der Waals surface area contributed by atoms with Crippen LogP contribution in [0.5, 0.6) is 0 Å². The van der Waals surface area contributed by atoms with Crippen molar-refractivity contribution in [2.45, 2.75) is 26.8 Å². The van der Waals surface area contributed by atoms with Gasteiger partial charge in [-0.3, -0.25) is 14.5 Å². The van der Waals surface area contributed by atoms with Crippen LogP contribution in [0.1, 0.15) is 31.4 Å². The van der Waals surface area contributed by atoms with Crippen LogP contribution in [0.25, 0.3) is 0 Å². The Bertz CT molecular complexity index is 817. The number of anilines is 1. The Labute approximate surface area is 140 Å². The van der Waals surface area contributed by atoms with Crippen LogP contribution in [0.15, 0.2) is 58.2 Å². The zero-order valence-corrected chi connectivity index (χ0v) is 13.8. The van der Waals surface area contributed by atoms with Crippen molar-refractivity contribution in [1.29, 1.82) is 0 Å². The molecule has 1 aliphatic rings. The first-order chi connectivity index (χ1) is 11.4. The summed E-state index contributed by atoms with van der Waals surface area (Å²) in [5, 5.41) is 10.4. The Kier molecular flexibility index (Phi) is 4.01. The Hall–Kier alpha value is -2.82. The van der Waals surface area contributed by atoms with Crippen LogP contribution >= 0.6 is 0 Å². The lowest BCUT2D eigenvalue weighted by molar-refractivity contribution is -0.119. The van der Waals surface area contributed by atoms with Crippen LogP contribution in [0, 0.1) is 12.8 Å². The van der Waals surface area contributed by atoms with Crippen molar-refractivity contribution in [2.75, 3.05) is 4.90 Å². The van der Waals surface area contributed by atoms with Gasteiger partial charge in [-0.1, -0.05) is 32.0 Å². The fourth-order valence-corrected chi connectivity index (χ4v) is 2.89. The summed E-state index contributed by atoms with van der Waals surface area (Å²) in [5.74, 6) is -0.575. The summed E-state index contributed by atoms with van der Waals surface area (Å²) in [6.45, 7) is 5.27. The third-order valence-corrected chi connectivity index (χ3v) is 4.06. The molecule has 0 saturated carbocycles. The van der Waals surface area contributed by atoms with Gasteiger partial charge in [-0.25, -0.2) is 0 Å². The van der Waals surface area contributed by atoms with Crippen LogP contribution in [-0.2, 0) is 9.59 Å². The molecule has 0 spiro atoms. The molecule has 1 aromatic heterocycles. The van der Waals surface area contributed by atoms with E-state index in [4.69, 9.17) is 4.42 Å². The molecule has 1 atom stereocenters. The summed E-state index contributed by atoms with van der Waals surface area (Å²) >= 11 is 0. The molecule has 124 valence electrons. The van der Waals surface area contributed by atoms with Gasteiger partial charge in [0.25, 0.3) is 5.91 Å². The van der Waals surface area contributed by atoms with Gasteiger partial charge in [0.05, 0.1) is 5.57 Å². The predicted octanol–water partition coefficient (Wildman–Crippen LogP) is 3.71. The minimum absolute atomic E-state index is 0.0909. The fourth-order valence-electron chi connectivity index (χ4n) is 2.89. The minimum Gasteiger partial charge on any atom is -0.503 e. The van der Waals surface area contributed by atoms with Gasteiger partial charge in [-0.15, -0.1) is 0 Å². The van der Waals surface area contributed by atoms with E-state index in [9.17, 15) is 14.7 Å². The Morgan fingerprint density at radius 3 is 2.38 bits per heavy atom. The highest BCUT2D eigenvalue weighted by molar-refractivity contribution is 6.16. The van der Waals surface area contributed by atoms with Crippen molar-refractivity contribution in [1.82, 2.24) is 0 Å². The number of para-hydroxylation sites is 1. The molecule has 2 heterocycles. The number of rotatable bonds is 4. The summed E-state index contributed by atoms with van der Waals surface area (Å²) < 4.78 is 5.68. The van der Waals surface area contributed by atoms with Crippen LogP contribution in [-0.4, -0.2) is 16.8 Å². The third kappa shape index (κ3) is 2.52. The monoisotopic (exact) mass is 325 g/mol. The van der Waals surface area contributed by atoms with E-state index < -0.39 is 17.7 Å². The van der Waals surface area contributed by atoms with Crippen LogP contribution in [0.4, 0.5) is 5.69 Å². The number of carbonyl (C=O) groups is 2. The maximum atomic E-state index is 12.7. The molecule has 1 amide bonds. The van der Waals surface area contributed by atoms with Gasteiger partial charge in [-0.2, -0.15) is 0 Å². The predicted molar refractivity (Wildman–Crippen MR) is 89.6 cm³/mol. The lowest BCUT2D eigenvalue weighted by atomic mass is 9.94. The molecule has 0 radical (unpaired) electrons. The summed E-state index contributed by atoms with van der Waals surface area (Å²) in [7, 11) is 0. The zero-order valence-electron chi connectivity index (χ0n) is 13.8. The van der Waals surface area contributed by atoms with Gasteiger partial charge in [-0.05, 0) is 31.2 Å². The number of ketones is 1. The molecular weight excluding hydrogens is 306 g/mol. The second-order valence-corrected chi connectivity index (χ2v) is 6.14. The number of carbonyl (C=O) groups excluding carboxylic acids is 2. The molecule has 0 fully saturated rings. The highest BCUT2D eigenvalue weighted by Gasteiger charge is 2.46. The van der Waals surface area contributed by atoms with Crippen LogP contribution in [0.2, 0.25) is 0 Å². The van der Waals surface area contributed by atoms with Crippen molar-refractivity contribution in [3.05, 3.63) is 65.3 Å². The first kappa shape index (κ1) is 16.1. The average molecular weight is 325 g/mol. The molecule has 1 aromatic carbocycles. The molecule has 24 heavy (non-hydrogen) atoms. The third-order valence-electron chi connectivity index (χ3n) is 4.06. The van der Waals surface area contributed by atoms with E-state index in [1.807, 2.05) is 6.07 Å². The number of amides is 1. The van der Waals surface area contributed by atoms with Crippen molar-refractivity contribution >= 4 is 17.4 Å². The van der Waals surface area contributed by atoms with E-state index >= 15 is 0 Å². The SMILES string of the molecule is Cc1ccc(C2C(C(=O)C(C)C)=C(O)C(=O)N2c2ccccc2)o1. The standard InChI is InChI=1S/C19H19NO4/c1-11(2)17(21)15-16(14-10-9-12(3)24-14)20(19(23)18(15)22)13-7-5-4-6-8-13/h4-11,16,22H,1-3H3. The molecule has 1 aliphatic heterocycles. The van der Waals surface area contributed by atoms with Gasteiger partial charge >= 0.3 is 0 Å². The van der Waals surface area contributed by atoms with Gasteiger partial charge < -0.3 is 9.52 Å². The molecule has 1 N–H and O–H groups in total. The number of furan rings is 1. The smallest absolute Gasteiger partial charge is 0.294 e. The van der Waals surface area contributed by atoms with E-state index in [-0.39, 0.29) is 17.3 Å². The molecule has 1 unspecified atom stereocenters. The molecule has 5 nitrogen and oxygen atoms in total. The summed E-state index contributed by atoms with van der Waals surface area (Å²) in [5.41, 5.74) is 0.688. The topological polar surface area (TPSA) is 70.8 Å². The van der Waals surface area contributed by atoms with Gasteiger partial charge in [0.2, 0.25) is 0 Å². The maximum Gasteiger partial charge on any atom is 0.294 e. The van der Waals surface area contributed by atoms with Crippen molar-refractivity contribution < 1.29 is 19.1 Å². The van der Waals surface area contributed by atoms with E-state index in [1.54, 1.807) is 57.2 Å². The molecule has 2 aromatic rings. The van der Waals surface area contributed by atoms with Gasteiger partial charge in [0, 0.05) is 11.6 Å². The van der Waals surface area contributed by atoms with Crippen molar-refractivity contribution in [2.24, 2.45) is 5.92 Å². The first-order valence-electron chi connectivity index (χ1n) is 7.84. The van der Waals surface area contributed by atoms with Gasteiger partial charge in [0.1, 0.15) is 17.6 Å². The quantitative estimate of drug-likeness (QED) is 0.930. The fraction of sp³-hybridized carbons (Fsp3) is 0.263.